The van der Waals surface area contributed by atoms with Crippen molar-refractivity contribution in [2.45, 2.75) is 44.4 Å². The third kappa shape index (κ3) is 5.39. The highest BCUT2D eigenvalue weighted by Gasteiger charge is 2.33. The number of sulfonamides is 1. The summed E-state index contributed by atoms with van der Waals surface area (Å²) in [6, 6.07) is 12.9. The molecule has 0 amide bonds. The lowest BCUT2D eigenvalue weighted by Gasteiger charge is -2.24. The van der Waals surface area contributed by atoms with Crippen molar-refractivity contribution in [1.82, 2.24) is 4.72 Å². The monoisotopic (exact) mass is 381 g/mol. The molecule has 1 heterocycles. The average Bonchev–Trinajstić information content (AvgIpc) is 2.94. The van der Waals surface area contributed by atoms with Crippen molar-refractivity contribution in [2.75, 3.05) is 0 Å². The lowest BCUT2D eigenvalue weighted by molar-refractivity contribution is -0.137. The van der Waals surface area contributed by atoms with Crippen LogP contribution in [-0.2, 0) is 21.2 Å². The maximum atomic E-state index is 12.4. The van der Waals surface area contributed by atoms with E-state index < -0.39 is 26.8 Å². The van der Waals surface area contributed by atoms with Gasteiger partial charge in [-0.05, 0) is 38.5 Å². The second-order valence-corrected chi connectivity index (χ2v) is 10.5. The minimum absolute atomic E-state index is 0.291. The van der Waals surface area contributed by atoms with E-state index in [1.165, 1.54) is 11.3 Å². The Morgan fingerprint density at radius 3 is 2.36 bits per heavy atom. The average molecular weight is 382 g/mol. The summed E-state index contributed by atoms with van der Waals surface area (Å²) in [5.74, 6) is -1.04. The zero-order valence-electron chi connectivity index (χ0n) is 14.5. The van der Waals surface area contributed by atoms with Crippen LogP contribution >= 0.6 is 11.3 Å². The van der Waals surface area contributed by atoms with Gasteiger partial charge in [0.25, 0.3) is 0 Å². The molecule has 136 valence electrons. The highest BCUT2D eigenvalue weighted by atomic mass is 32.2. The number of benzene rings is 1. The number of rotatable bonds is 7. The molecule has 25 heavy (non-hydrogen) atoms. The smallest absolute Gasteiger partial charge is 0.305 e. The van der Waals surface area contributed by atoms with Crippen molar-refractivity contribution in [3.05, 3.63) is 57.8 Å². The number of aliphatic carboxylic acids is 1. The molecule has 0 aliphatic carbocycles. The Morgan fingerprint density at radius 2 is 1.80 bits per heavy atom. The standard InChI is InChI=1S/C18H23NO4S2/c1-18(2,3)25(22,23)19-15(12-17(20)21)16-10-9-14(24-16)11-13-7-5-4-6-8-13/h4-10,15,19H,11-12H2,1-3H3,(H,20,21). The van der Waals surface area contributed by atoms with E-state index in [0.717, 1.165) is 16.9 Å². The van der Waals surface area contributed by atoms with E-state index in [-0.39, 0.29) is 6.42 Å². The van der Waals surface area contributed by atoms with Crippen LogP contribution in [0.25, 0.3) is 0 Å². The van der Waals surface area contributed by atoms with Crippen LogP contribution in [0.3, 0.4) is 0 Å². The van der Waals surface area contributed by atoms with E-state index >= 15 is 0 Å². The molecule has 5 nitrogen and oxygen atoms in total. The molecule has 1 aromatic heterocycles. The zero-order valence-corrected chi connectivity index (χ0v) is 16.2. The van der Waals surface area contributed by atoms with Gasteiger partial charge in [-0.15, -0.1) is 11.3 Å². The Hall–Kier alpha value is -1.70. The van der Waals surface area contributed by atoms with E-state index in [1.54, 1.807) is 20.8 Å². The number of carboxylic acid groups (broad SMARTS) is 1. The molecule has 0 radical (unpaired) electrons. The van der Waals surface area contributed by atoms with Gasteiger partial charge < -0.3 is 5.11 Å². The first kappa shape index (κ1) is 19.6. The molecule has 2 N–H and O–H groups in total. The van der Waals surface area contributed by atoms with Crippen LogP contribution in [0.5, 0.6) is 0 Å². The number of hydrogen-bond donors (Lipinski definition) is 2. The van der Waals surface area contributed by atoms with Gasteiger partial charge in [0.15, 0.2) is 0 Å². The first-order valence-corrected chi connectivity index (χ1v) is 10.2. The van der Waals surface area contributed by atoms with Gasteiger partial charge in [-0.25, -0.2) is 13.1 Å². The molecule has 0 saturated heterocycles. The van der Waals surface area contributed by atoms with E-state index in [1.807, 2.05) is 42.5 Å². The predicted molar refractivity (Wildman–Crippen MR) is 100 cm³/mol. The fraction of sp³-hybridized carbons (Fsp3) is 0.389. The van der Waals surface area contributed by atoms with Gasteiger partial charge in [-0.1, -0.05) is 30.3 Å². The molecule has 0 spiro atoms. The summed E-state index contributed by atoms with van der Waals surface area (Å²) in [6.07, 6.45) is 0.442. The van der Waals surface area contributed by atoms with Crippen molar-refractivity contribution in [3.63, 3.8) is 0 Å². The van der Waals surface area contributed by atoms with Crippen LogP contribution in [-0.4, -0.2) is 24.2 Å². The summed E-state index contributed by atoms with van der Waals surface area (Å²) >= 11 is 1.44. The van der Waals surface area contributed by atoms with Gasteiger partial charge in [0.2, 0.25) is 10.0 Å². The van der Waals surface area contributed by atoms with Crippen molar-refractivity contribution < 1.29 is 18.3 Å². The lowest BCUT2D eigenvalue weighted by atomic mass is 10.1. The highest BCUT2D eigenvalue weighted by molar-refractivity contribution is 7.90. The minimum Gasteiger partial charge on any atom is -0.481 e. The Labute approximate surface area is 152 Å². The first-order chi connectivity index (χ1) is 11.6. The lowest BCUT2D eigenvalue weighted by Crippen LogP contribution is -2.41. The van der Waals surface area contributed by atoms with Crippen molar-refractivity contribution in [3.8, 4) is 0 Å². The molecule has 0 fully saturated rings. The Bertz CT molecular complexity index is 820. The molecule has 1 atom stereocenters. The number of carboxylic acids is 1. The van der Waals surface area contributed by atoms with Gasteiger partial charge in [-0.3, -0.25) is 4.79 Å². The maximum Gasteiger partial charge on any atom is 0.305 e. The molecular formula is C18H23NO4S2. The predicted octanol–water partition coefficient (Wildman–Crippen LogP) is 3.57. The molecule has 0 aliphatic heterocycles. The van der Waals surface area contributed by atoms with E-state index in [2.05, 4.69) is 4.72 Å². The van der Waals surface area contributed by atoms with Gasteiger partial charge in [0.05, 0.1) is 17.2 Å². The minimum atomic E-state index is -3.65. The molecule has 2 aromatic rings. The summed E-state index contributed by atoms with van der Waals surface area (Å²) in [4.78, 5) is 13.0. The SMILES string of the molecule is CC(C)(C)S(=O)(=O)NC(CC(=O)O)c1ccc(Cc2ccccc2)s1. The molecular weight excluding hydrogens is 358 g/mol. The summed E-state index contributed by atoms with van der Waals surface area (Å²) in [5, 5.41) is 9.16. The Balaban J connectivity index is 2.23. The second kappa shape index (κ2) is 7.68. The van der Waals surface area contributed by atoms with Gasteiger partial charge in [0.1, 0.15) is 0 Å². The summed E-state index contributed by atoms with van der Waals surface area (Å²) < 4.78 is 26.4. The first-order valence-electron chi connectivity index (χ1n) is 7.95. The number of thiophene rings is 1. The summed E-state index contributed by atoms with van der Waals surface area (Å²) in [7, 11) is -3.65. The fourth-order valence-electron chi connectivity index (χ4n) is 2.21. The molecule has 7 heteroatoms. The van der Waals surface area contributed by atoms with Crippen LogP contribution in [0.15, 0.2) is 42.5 Å². The van der Waals surface area contributed by atoms with Gasteiger partial charge in [-0.2, -0.15) is 0 Å². The molecule has 0 saturated carbocycles. The third-order valence-electron chi connectivity index (χ3n) is 3.73. The molecule has 0 aliphatic rings. The van der Waals surface area contributed by atoms with Crippen molar-refractivity contribution >= 4 is 27.3 Å². The topological polar surface area (TPSA) is 83.5 Å². The normalized spacial score (nSPS) is 13.6. The molecule has 1 unspecified atom stereocenters. The Kier molecular flexibility index (Phi) is 6.03. The Morgan fingerprint density at radius 1 is 1.16 bits per heavy atom. The second-order valence-electron chi connectivity index (χ2n) is 6.85. The van der Waals surface area contributed by atoms with E-state index in [4.69, 9.17) is 5.11 Å². The number of hydrogen-bond acceptors (Lipinski definition) is 4. The third-order valence-corrected chi connectivity index (χ3v) is 7.14. The molecule has 0 bridgehead atoms. The van der Waals surface area contributed by atoms with Gasteiger partial charge in [0, 0.05) is 16.2 Å². The summed E-state index contributed by atoms with van der Waals surface area (Å²) in [5.41, 5.74) is 1.15. The van der Waals surface area contributed by atoms with Gasteiger partial charge >= 0.3 is 5.97 Å². The summed E-state index contributed by atoms with van der Waals surface area (Å²) in [6.45, 7) is 4.76. The van der Waals surface area contributed by atoms with Crippen LogP contribution in [0, 0.1) is 0 Å². The quantitative estimate of drug-likeness (QED) is 0.768. The van der Waals surface area contributed by atoms with Crippen LogP contribution < -0.4 is 4.72 Å². The maximum absolute atomic E-state index is 12.4. The number of carbonyl (C=O) groups is 1. The largest absolute Gasteiger partial charge is 0.481 e. The van der Waals surface area contributed by atoms with Crippen LogP contribution in [0.1, 0.15) is 48.6 Å². The highest BCUT2D eigenvalue weighted by Crippen LogP contribution is 2.29. The zero-order chi connectivity index (χ0) is 18.7. The van der Waals surface area contributed by atoms with E-state index in [0.29, 0.717) is 4.88 Å². The number of nitrogens with one attached hydrogen (secondary N) is 1. The van der Waals surface area contributed by atoms with Crippen molar-refractivity contribution in [2.24, 2.45) is 0 Å². The van der Waals surface area contributed by atoms with E-state index in [9.17, 15) is 13.2 Å². The van der Waals surface area contributed by atoms with Crippen LogP contribution in [0.4, 0.5) is 0 Å². The fourth-order valence-corrected chi connectivity index (χ4v) is 4.32. The molecule has 1 aromatic carbocycles. The van der Waals surface area contributed by atoms with Crippen LogP contribution in [0.2, 0.25) is 0 Å². The van der Waals surface area contributed by atoms with Crippen molar-refractivity contribution in [1.29, 1.82) is 0 Å². The molecule has 2 rings (SSSR count).